The predicted molar refractivity (Wildman–Crippen MR) is 89.4 cm³/mol. The molecule has 2 rings (SSSR count). The van der Waals surface area contributed by atoms with Crippen molar-refractivity contribution in [2.24, 2.45) is 0 Å². The first-order chi connectivity index (χ1) is 10.8. The molecule has 0 radical (unpaired) electrons. The third-order valence-electron chi connectivity index (χ3n) is 4.48. The number of ether oxygens (including phenoxy) is 1. The largest absolute Gasteiger partial charge is 0.496 e. The highest BCUT2D eigenvalue weighted by Gasteiger charge is 2.20. The first kappa shape index (κ1) is 16.8. The Labute approximate surface area is 133 Å². The quantitative estimate of drug-likeness (QED) is 0.787. The first-order valence-corrected chi connectivity index (χ1v) is 8.41. The molecule has 1 aromatic rings. The third kappa shape index (κ3) is 4.47. The van der Waals surface area contributed by atoms with Gasteiger partial charge in [0, 0.05) is 19.1 Å². The fraction of sp³-hybridized carbons (Fsp3) is 0.611. The Hall–Kier alpha value is -1.55. The lowest BCUT2D eigenvalue weighted by atomic mass is 10.00. The summed E-state index contributed by atoms with van der Waals surface area (Å²) in [5.41, 5.74) is 0.606. The van der Waals surface area contributed by atoms with Crippen molar-refractivity contribution in [3.8, 4) is 5.75 Å². The molecule has 1 amide bonds. The smallest absolute Gasteiger partial charge is 0.255 e. The van der Waals surface area contributed by atoms with Gasteiger partial charge in [0.1, 0.15) is 5.75 Å². The number of likely N-dealkylation sites (tertiary alicyclic amines) is 1. The van der Waals surface area contributed by atoms with E-state index in [1.165, 1.54) is 32.2 Å². The van der Waals surface area contributed by atoms with Crippen molar-refractivity contribution in [3.63, 3.8) is 0 Å². The van der Waals surface area contributed by atoms with Gasteiger partial charge in [-0.25, -0.2) is 0 Å². The van der Waals surface area contributed by atoms with Crippen molar-refractivity contribution < 1.29 is 9.53 Å². The van der Waals surface area contributed by atoms with Crippen LogP contribution in [0.25, 0.3) is 0 Å². The SMILES string of the molecule is CC[C@@H]1CCCCN1CCCNC(=O)c1ccccc1OC. The van der Waals surface area contributed by atoms with Gasteiger partial charge >= 0.3 is 0 Å². The first-order valence-electron chi connectivity index (χ1n) is 8.41. The molecule has 122 valence electrons. The van der Waals surface area contributed by atoms with Crippen LogP contribution in [0.4, 0.5) is 0 Å². The van der Waals surface area contributed by atoms with Gasteiger partial charge in [-0.05, 0) is 44.4 Å². The van der Waals surface area contributed by atoms with E-state index in [1.807, 2.05) is 18.2 Å². The topological polar surface area (TPSA) is 41.6 Å². The van der Waals surface area contributed by atoms with Crippen molar-refractivity contribution >= 4 is 5.91 Å². The van der Waals surface area contributed by atoms with E-state index in [0.717, 1.165) is 19.0 Å². The number of piperidine rings is 1. The summed E-state index contributed by atoms with van der Waals surface area (Å²) < 4.78 is 5.23. The molecule has 1 N–H and O–H groups in total. The predicted octanol–water partition coefficient (Wildman–Crippen LogP) is 3.08. The minimum Gasteiger partial charge on any atom is -0.496 e. The fourth-order valence-electron chi connectivity index (χ4n) is 3.23. The number of carbonyl (C=O) groups excluding carboxylic acids is 1. The molecule has 0 aromatic heterocycles. The lowest BCUT2D eigenvalue weighted by Crippen LogP contribution is -2.40. The van der Waals surface area contributed by atoms with Crippen LogP contribution in [0.5, 0.6) is 5.75 Å². The molecule has 0 spiro atoms. The second-order valence-electron chi connectivity index (χ2n) is 5.90. The van der Waals surface area contributed by atoms with E-state index in [-0.39, 0.29) is 5.91 Å². The summed E-state index contributed by atoms with van der Waals surface area (Å²) in [6, 6.07) is 8.08. The van der Waals surface area contributed by atoms with Crippen molar-refractivity contribution in [1.82, 2.24) is 10.2 Å². The number of amides is 1. The molecular weight excluding hydrogens is 276 g/mol. The van der Waals surface area contributed by atoms with Crippen LogP contribution in [0.1, 0.15) is 49.4 Å². The van der Waals surface area contributed by atoms with E-state index in [4.69, 9.17) is 4.74 Å². The zero-order valence-electron chi connectivity index (χ0n) is 13.8. The van der Waals surface area contributed by atoms with Crippen molar-refractivity contribution in [3.05, 3.63) is 29.8 Å². The zero-order chi connectivity index (χ0) is 15.8. The molecule has 1 aliphatic rings. The molecule has 0 unspecified atom stereocenters. The van der Waals surface area contributed by atoms with Crippen LogP contribution in [0.2, 0.25) is 0 Å². The number of para-hydroxylation sites is 1. The molecule has 1 atom stereocenters. The average Bonchev–Trinajstić information content (AvgIpc) is 2.58. The van der Waals surface area contributed by atoms with Gasteiger partial charge < -0.3 is 15.0 Å². The number of nitrogens with zero attached hydrogens (tertiary/aromatic N) is 1. The molecule has 0 bridgehead atoms. The number of rotatable bonds is 7. The van der Waals surface area contributed by atoms with Gasteiger partial charge in [-0.3, -0.25) is 4.79 Å². The van der Waals surface area contributed by atoms with Crippen molar-refractivity contribution in [1.29, 1.82) is 0 Å². The van der Waals surface area contributed by atoms with Crippen LogP contribution in [-0.2, 0) is 0 Å². The van der Waals surface area contributed by atoms with Gasteiger partial charge in [-0.2, -0.15) is 0 Å². The van der Waals surface area contributed by atoms with Crippen LogP contribution in [-0.4, -0.2) is 43.6 Å². The number of nitrogens with one attached hydrogen (secondary N) is 1. The highest BCUT2D eigenvalue weighted by Crippen LogP contribution is 2.19. The van der Waals surface area contributed by atoms with E-state index < -0.39 is 0 Å². The number of benzene rings is 1. The lowest BCUT2D eigenvalue weighted by molar-refractivity contribution is 0.0944. The Kier molecular flexibility index (Phi) is 6.72. The van der Waals surface area contributed by atoms with Crippen molar-refractivity contribution in [2.75, 3.05) is 26.7 Å². The van der Waals surface area contributed by atoms with Crippen LogP contribution in [0.15, 0.2) is 24.3 Å². The van der Waals surface area contributed by atoms with Gasteiger partial charge in [-0.1, -0.05) is 25.5 Å². The normalized spacial score (nSPS) is 18.9. The molecule has 1 heterocycles. The zero-order valence-corrected chi connectivity index (χ0v) is 13.8. The lowest BCUT2D eigenvalue weighted by Gasteiger charge is -2.35. The Morgan fingerprint density at radius 2 is 2.18 bits per heavy atom. The molecule has 22 heavy (non-hydrogen) atoms. The van der Waals surface area contributed by atoms with Crippen LogP contribution >= 0.6 is 0 Å². The maximum atomic E-state index is 12.2. The Morgan fingerprint density at radius 1 is 1.36 bits per heavy atom. The van der Waals surface area contributed by atoms with E-state index >= 15 is 0 Å². The van der Waals surface area contributed by atoms with E-state index in [1.54, 1.807) is 13.2 Å². The van der Waals surface area contributed by atoms with Crippen LogP contribution < -0.4 is 10.1 Å². The standard InChI is InChI=1S/C18H28N2O2/c1-3-15-9-6-7-13-20(15)14-8-12-19-18(21)16-10-4-5-11-17(16)22-2/h4-5,10-11,15H,3,6-9,12-14H2,1-2H3,(H,19,21)/t15-/m1/s1. The van der Waals surface area contributed by atoms with Gasteiger partial charge in [0.2, 0.25) is 0 Å². The number of methoxy groups -OCH3 is 1. The summed E-state index contributed by atoms with van der Waals surface area (Å²) >= 11 is 0. The van der Waals surface area contributed by atoms with Gasteiger partial charge in [0.05, 0.1) is 12.7 Å². The molecule has 1 saturated heterocycles. The molecule has 1 fully saturated rings. The van der Waals surface area contributed by atoms with Crippen LogP contribution in [0.3, 0.4) is 0 Å². The summed E-state index contributed by atoms with van der Waals surface area (Å²) in [6.07, 6.45) is 6.22. The molecule has 0 aliphatic carbocycles. The summed E-state index contributed by atoms with van der Waals surface area (Å²) in [6.45, 7) is 5.26. The Morgan fingerprint density at radius 3 is 2.95 bits per heavy atom. The highest BCUT2D eigenvalue weighted by molar-refractivity contribution is 5.96. The third-order valence-corrected chi connectivity index (χ3v) is 4.48. The van der Waals surface area contributed by atoms with E-state index in [0.29, 0.717) is 17.9 Å². The Balaban J connectivity index is 1.75. The summed E-state index contributed by atoms with van der Waals surface area (Å²) in [5.74, 6) is 0.574. The fourth-order valence-corrected chi connectivity index (χ4v) is 3.23. The van der Waals surface area contributed by atoms with Gasteiger partial charge in [0.25, 0.3) is 5.91 Å². The van der Waals surface area contributed by atoms with Gasteiger partial charge in [0.15, 0.2) is 0 Å². The maximum absolute atomic E-state index is 12.2. The van der Waals surface area contributed by atoms with E-state index in [2.05, 4.69) is 17.1 Å². The van der Waals surface area contributed by atoms with Crippen LogP contribution in [0, 0.1) is 0 Å². The van der Waals surface area contributed by atoms with Gasteiger partial charge in [-0.15, -0.1) is 0 Å². The number of hydrogen-bond donors (Lipinski definition) is 1. The average molecular weight is 304 g/mol. The summed E-state index contributed by atoms with van der Waals surface area (Å²) in [4.78, 5) is 14.8. The summed E-state index contributed by atoms with van der Waals surface area (Å²) in [7, 11) is 1.59. The molecule has 0 saturated carbocycles. The minimum absolute atomic E-state index is 0.0527. The van der Waals surface area contributed by atoms with Crippen molar-refractivity contribution in [2.45, 2.75) is 45.1 Å². The minimum atomic E-state index is -0.0527. The second kappa shape index (κ2) is 8.79. The molecule has 4 heteroatoms. The maximum Gasteiger partial charge on any atom is 0.255 e. The molecule has 4 nitrogen and oxygen atoms in total. The monoisotopic (exact) mass is 304 g/mol. The van der Waals surface area contributed by atoms with E-state index in [9.17, 15) is 4.79 Å². The number of hydrogen-bond acceptors (Lipinski definition) is 3. The summed E-state index contributed by atoms with van der Waals surface area (Å²) in [5, 5.41) is 3.00. The highest BCUT2D eigenvalue weighted by atomic mass is 16.5. The number of carbonyl (C=O) groups is 1. The second-order valence-corrected chi connectivity index (χ2v) is 5.90. The Bertz CT molecular complexity index is 476. The molecule has 1 aliphatic heterocycles. The molecular formula is C18H28N2O2. The molecule has 1 aromatic carbocycles.